The van der Waals surface area contributed by atoms with Gasteiger partial charge in [-0.3, -0.25) is 0 Å². The number of aromatic nitrogens is 2. The Labute approximate surface area is 149 Å². The molecule has 0 aliphatic carbocycles. The lowest BCUT2D eigenvalue weighted by Gasteiger charge is -2.21. The van der Waals surface area contributed by atoms with Crippen LogP contribution in [0.15, 0.2) is 73.3 Å². The first-order valence-corrected chi connectivity index (χ1v) is 8.67. The number of phenols is 1. The van der Waals surface area contributed by atoms with Crippen molar-refractivity contribution in [2.75, 3.05) is 0 Å². The maximum atomic E-state index is 10.9. The van der Waals surface area contributed by atoms with Crippen molar-refractivity contribution in [2.24, 2.45) is 0 Å². The Hall–Kier alpha value is -2.68. The topological polar surface area (TPSA) is 28.0 Å². The number of phenolic OH excluding ortho intramolecular Hbond substituents is 1. The van der Waals surface area contributed by atoms with Gasteiger partial charge in [0, 0.05) is 24.3 Å². The monoisotopic (exact) mass is 334 g/mol. The maximum absolute atomic E-state index is 10.9. The van der Waals surface area contributed by atoms with Crippen molar-refractivity contribution in [2.45, 2.75) is 39.3 Å². The van der Waals surface area contributed by atoms with Crippen LogP contribution >= 0.6 is 0 Å². The van der Waals surface area contributed by atoms with Crippen molar-refractivity contribution in [3.8, 4) is 5.75 Å². The molecule has 0 radical (unpaired) electrons. The number of nitrogens with zero attached hydrogens (tertiary/aromatic N) is 2. The van der Waals surface area contributed by atoms with Crippen molar-refractivity contribution in [1.29, 1.82) is 0 Å². The van der Waals surface area contributed by atoms with Gasteiger partial charge in [-0.25, -0.2) is 9.13 Å². The van der Waals surface area contributed by atoms with E-state index >= 15 is 0 Å². The first kappa shape index (κ1) is 17.2. The number of hydrogen-bond donors (Lipinski definition) is 1. The van der Waals surface area contributed by atoms with Crippen molar-refractivity contribution in [3.05, 3.63) is 90.0 Å². The zero-order valence-corrected chi connectivity index (χ0v) is 15.2. The molecule has 0 saturated heterocycles. The Morgan fingerprint density at radius 1 is 0.720 bits per heavy atom. The van der Waals surface area contributed by atoms with E-state index in [9.17, 15) is 5.11 Å². The van der Waals surface area contributed by atoms with Crippen LogP contribution in [0.25, 0.3) is 0 Å². The Balaban J connectivity index is 2.03. The lowest BCUT2D eigenvalue weighted by atomic mass is 9.84. The molecule has 2 heterocycles. The van der Waals surface area contributed by atoms with Crippen LogP contribution in [-0.2, 0) is 18.5 Å². The average molecular weight is 334 g/mol. The number of hydrogen-bond acceptors (Lipinski definition) is 1. The van der Waals surface area contributed by atoms with Gasteiger partial charge in [0.15, 0.2) is 37.9 Å². The molecular weight excluding hydrogens is 308 g/mol. The van der Waals surface area contributed by atoms with Gasteiger partial charge in [-0.2, -0.15) is 0 Å². The lowest BCUT2D eigenvalue weighted by molar-refractivity contribution is -0.689. The third kappa shape index (κ3) is 4.24. The van der Waals surface area contributed by atoms with Crippen LogP contribution in [0.1, 0.15) is 37.5 Å². The van der Waals surface area contributed by atoms with E-state index in [1.807, 2.05) is 61.2 Å². The van der Waals surface area contributed by atoms with E-state index in [0.717, 1.165) is 11.1 Å². The van der Waals surface area contributed by atoms with Crippen LogP contribution in [0, 0.1) is 0 Å². The van der Waals surface area contributed by atoms with Crippen LogP contribution < -0.4 is 9.13 Å². The third-order valence-electron chi connectivity index (χ3n) is 4.39. The summed E-state index contributed by atoms with van der Waals surface area (Å²) in [5.74, 6) is 0.390. The van der Waals surface area contributed by atoms with Crippen LogP contribution in [0.4, 0.5) is 0 Å². The van der Waals surface area contributed by atoms with Crippen LogP contribution in [0.2, 0.25) is 0 Å². The normalized spacial score (nSPS) is 11.5. The Kier molecular flexibility index (Phi) is 4.84. The van der Waals surface area contributed by atoms with Gasteiger partial charge in [-0.1, -0.05) is 32.9 Å². The van der Waals surface area contributed by atoms with Gasteiger partial charge in [-0.15, -0.1) is 0 Å². The summed E-state index contributed by atoms with van der Waals surface area (Å²) in [5.41, 5.74) is 3.17. The van der Waals surface area contributed by atoms with Gasteiger partial charge >= 0.3 is 0 Å². The Morgan fingerprint density at radius 3 is 1.48 bits per heavy atom. The summed E-state index contributed by atoms with van der Waals surface area (Å²) in [6, 6.07) is 16.3. The summed E-state index contributed by atoms with van der Waals surface area (Å²) in [6.45, 7) is 7.93. The summed E-state index contributed by atoms with van der Waals surface area (Å²) < 4.78 is 4.17. The molecule has 1 N–H and O–H groups in total. The standard InChI is InChI=1S/C22H25N2O/c1-22(2,3)20-14-18(16-23-10-6-4-7-11-23)21(25)19(15-20)17-24-12-8-5-9-13-24/h4-15H,16-17H2,1-3H3/q+1/p+1. The number of aromatic hydroxyl groups is 1. The van der Waals surface area contributed by atoms with E-state index in [-0.39, 0.29) is 5.41 Å². The van der Waals surface area contributed by atoms with E-state index in [4.69, 9.17) is 0 Å². The summed E-state index contributed by atoms with van der Waals surface area (Å²) in [4.78, 5) is 0. The van der Waals surface area contributed by atoms with Crippen LogP contribution in [0.3, 0.4) is 0 Å². The highest BCUT2D eigenvalue weighted by Gasteiger charge is 2.21. The summed E-state index contributed by atoms with van der Waals surface area (Å²) in [6.07, 6.45) is 8.09. The third-order valence-corrected chi connectivity index (χ3v) is 4.39. The van der Waals surface area contributed by atoms with Gasteiger partial charge in [0.25, 0.3) is 0 Å². The van der Waals surface area contributed by atoms with Gasteiger partial charge in [0.1, 0.15) is 5.75 Å². The second-order valence-corrected chi connectivity index (χ2v) is 7.49. The first-order chi connectivity index (χ1) is 11.9. The van der Waals surface area contributed by atoms with Crippen molar-refractivity contribution in [1.82, 2.24) is 0 Å². The number of rotatable bonds is 4. The van der Waals surface area contributed by atoms with E-state index in [1.54, 1.807) is 0 Å². The average Bonchev–Trinajstić information content (AvgIpc) is 2.59. The summed E-state index contributed by atoms with van der Waals surface area (Å²) in [5, 5.41) is 10.9. The van der Waals surface area contributed by atoms with Gasteiger partial charge in [0.05, 0.1) is 11.1 Å². The zero-order chi connectivity index (χ0) is 17.9. The highest BCUT2D eigenvalue weighted by molar-refractivity contribution is 5.45. The molecule has 128 valence electrons. The molecule has 3 rings (SSSR count). The van der Waals surface area contributed by atoms with E-state index in [1.165, 1.54) is 5.56 Å². The fraction of sp³-hybridized carbons (Fsp3) is 0.273. The number of pyridine rings is 2. The minimum atomic E-state index is 0.0277. The smallest absolute Gasteiger partial charge is 0.177 e. The molecule has 1 aromatic carbocycles. The van der Waals surface area contributed by atoms with E-state index in [2.05, 4.69) is 42.0 Å². The molecule has 2 aromatic heterocycles. The second-order valence-electron chi connectivity index (χ2n) is 7.49. The van der Waals surface area contributed by atoms with Gasteiger partial charge in [0.2, 0.25) is 0 Å². The SMILES string of the molecule is CC(C)(C)c1cc(C[n+]2ccccc2)c(O)c(C[n+]2ccccc2)c1. The predicted octanol–water partition coefficient (Wildman–Crippen LogP) is 3.36. The molecule has 0 aliphatic rings. The molecule has 25 heavy (non-hydrogen) atoms. The minimum Gasteiger partial charge on any atom is -0.507 e. The molecule has 3 nitrogen and oxygen atoms in total. The summed E-state index contributed by atoms with van der Waals surface area (Å²) in [7, 11) is 0. The predicted molar refractivity (Wildman–Crippen MR) is 98.3 cm³/mol. The maximum Gasteiger partial charge on any atom is 0.177 e. The molecule has 0 atom stereocenters. The highest BCUT2D eigenvalue weighted by Crippen LogP contribution is 2.31. The van der Waals surface area contributed by atoms with E-state index < -0.39 is 0 Å². The molecule has 0 amide bonds. The molecule has 3 aromatic rings. The largest absolute Gasteiger partial charge is 0.507 e. The second kappa shape index (κ2) is 7.06. The fourth-order valence-electron chi connectivity index (χ4n) is 2.91. The molecule has 0 aliphatic heterocycles. The fourth-order valence-corrected chi connectivity index (χ4v) is 2.91. The van der Waals surface area contributed by atoms with Gasteiger partial charge < -0.3 is 5.11 Å². The first-order valence-electron chi connectivity index (χ1n) is 8.67. The van der Waals surface area contributed by atoms with Crippen molar-refractivity contribution < 1.29 is 14.2 Å². The van der Waals surface area contributed by atoms with Crippen LogP contribution in [-0.4, -0.2) is 5.11 Å². The van der Waals surface area contributed by atoms with Gasteiger partial charge in [-0.05, 0) is 23.1 Å². The minimum absolute atomic E-state index is 0.0277. The highest BCUT2D eigenvalue weighted by atomic mass is 16.3. The quantitative estimate of drug-likeness (QED) is 0.728. The van der Waals surface area contributed by atoms with Crippen molar-refractivity contribution in [3.63, 3.8) is 0 Å². The molecule has 0 spiro atoms. The summed E-state index contributed by atoms with van der Waals surface area (Å²) >= 11 is 0. The zero-order valence-electron chi connectivity index (χ0n) is 15.2. The van der Waals surface area contributed by atoms with E-state index in [0.29, 0.717) is 18.8 Å². The molecule has 3 heteroatoms. The lowest BCUT2D eigenvalue weighted by Crippen LogP contribution is -2.34. The number of benzene rings is 1. The molecule has 0 fully saturated rings. The molecular formula is C22H26N2O+2. The van der Waals surface area contributed by atoms with Crippen LogP contribution in [0.5, 0.6) is 5.75 Å². The molecule has 0 saturated carbocycles. The molecule has 0 unspecified atom stereocenters. The Morgan fingerprint density at radius 2 is 1.12 bits per heavy atom. The molecule has 0 bridgehead atoms. The Bertz CT molecular complexity index is 774. The van der Waals surface area contributed by atoms with Crippen molar-refractivity contribution >= 4 is 0 Å².